The van der Waals surface area contributed by atoms with Crippen LogP contribution in [-0.4, -0.2) is 56.4 Å². The van der Waals surface area contributed by atoms with Crippen molar-refractivity contribution in [1.82, 2.24) is 35.4 Å². The number of fused-ring (bicyclic) bond motifs is 2. The quantitative estimate of drug-likeness (QED) is 0.145. The number of piperidine rings is 1. The van der Waals surface area contributed by atoms with Crippen LogP contribution in [0.4, 0.5) is 0 Å². The van der Waals surface area contributed by atoms with Gasteiger partial charge in [-0.2, -0.15) is 0 Å². The second-order valence-electron chi connectivity index (χ2n) is 12.3. The van der Waals surface area contributed by atoms with E-state index in [4.69, 9.17) is 20.7 Å². The first-order valence-corrected chi connectivity index (χ1v) is 16.0. The number of nitrogens with one attached hydrogen (secondary N) is 4. The summed E-state index contributed by atoms with van der Waals surface area (Å²) in [6.45, 7) is 1.97. The summed E-state index contributed by atoms with van der Waals surface area (Å²) in [6, 6.07) is 24.1. The van der Waals surface area contributed by atoms with Crippen LogP contribution >= 0.6 is 0 Å². The molecule has 0 radical (unpaired) electrons. The summed E-state index contributed by atoms with van der Waals surface area (Å²) >= 11 is 0. The molecule has 1 fully saturated rings. The average Bonchev–Trinajstić information content (AvgIpc) is 3.81. The monoisotopic (exact) mass is 616 g/mol. The van der Waals surface area contributed by atoms with Crippen molar-refractivity contribution in [3.05, 3.63) is 114 Å². The molecule has 1 atom stereocenters. The van der Waals surface area contributed by atoms with Crippen molar-refractivity contribution in [3.63, 3.8) is 0 Å². The third-order valence-corrected chi connectivity index (χ3v) is 9.31. The number of carbonyl (C=O) groups excluding carboxylic acids is 1. The highest BCUT2D eigenvalue weighted by molar-refractivity contribution is 5.87. The van der Waals surface area contributed by atoms with Gasteiger partial charge in [0.2, 0.25) is 5.91 Å². The minimum atomic E-state index is -0.942. The van der Waals surface area contributed by atoms with Crippen LogP contribution in [-0.2, 0) is 30.6 Å². The van der Waals surface area contributed by atoms with Crippen LogP contribution in [0.25, 0.3) is 21.8 Å². The zero-order valence-electron chi connectivity index (χ0n) is 26.1. The van der Waals surface area contributed by atoms with E-state index in [-0.39, 0.29) is 5.91 Å². The molecule has 1 amide bonds. The van der Waals surface area contributed by atoms with Crippen molar-refractivity contribution >= 4 is 27.7 Å². The number of para-hydroxylation sites is 2. The molecule has 4 heterocycles. The molecule has 3 aromatic heterocycles. The number of carbonyl (C=O) groups is 1. The smallest absolute Gasteiger partial charge is 0.240 e. The molecule has 10 heteroatoms. The normalized spacial score (nSPS) is 15.3. The van der Waals surface area contributed by atoms with Gasteiger partial charge in [-0.3, -0.25) is 4.79 Å². The van der Waals surface area contributed by atoms with Crippen LogP contribution in [0.1, 0.15) is 47.2 Å². The number of amides is 1. The van der Waals surface area contributed by atoms with Gasteiger partial charge in [0.15, 0.2) is 5.82 Å². The fourth-order valence-electron chi connectivity index (χ4n) is 6.59. The number of nitrogens with zero attached hydrogens (tertiary/aromatic N) is 3. The molecule has 7 rings (SSSR count). The topological polar surface area (TPSA) is 139 Å². The number of methoxy groups -OCH3 is 1. The summed E-state index contributed by atoms with van der Waals surface area (Å²) in [7, 11) is 1.67. The molecular weight excluding hydrogens is 576 g/mol. The highest BCUT2D eigenvalue weighted by Crippen LogP contribution is 2.28. The highest BCUT2D eigenvalue weighted by Gasteiger charge is 2.37. The van der Waals surface area contributed by atoms with E-state index >= 15 is 0 Å². The van der Waals surface area contributed by atoms with E-state index in [1.54, 1.807) is 7.11 Å². The van der Waals surface area contributed by atoms with Crippen molar-refractivity contribution in [3.8, 4) is 5.75 Å². The maximum atomic E-state index is 13.9. The Labute approximate surface area is 267 Å². The maximum absolute atomic E-state index is 13.9. The van der Waals surface area contributed by atoms with Gasteiger partial charge in [-0.25, -0.2) is 0 Å². The van der Waals surface area contributed by atoms with Crippen molar-refractivity contribution in [1.29, 1.82) is 0 Å². The molecule has 1 aliphatic heterocycles. The lowest BCUT2D eigenvalue weighted by molar-refractivity contribution is -0.128. The standard InChI is InChI=1S/C36H40N8O2/c1-46-27-13-10-24(11-14-27)23-44-33(15-12-25-21-39-30-8-4-2-6-28(25)30)42-43-34(44)32(41-35(45)36(37)16-18-38-19-17-36)20-26-22-40-31-9-5-3-7-29(26)31/h2-11,13-14,21-22,32,38-40H,12,15-20,23,37H2,1H3,(H,41,45)/t32-/m1/s1. The zero-order chi connectivity index (χ0) is 31.5. The Morgan fingerprint density at radius 2 is 1.57 bits per heavy atom. The highest BCUT2D eigenvalue weighted by atomic mass is 16.5. The summed E-state index contributed by atoms with van der Waals surface area (Å²) in [5.74, 6) is 2.21. The third kappa shape index (κ3) is 6.01. The molecule has 1 aliphatic rings. The lowest BCUT2D eigenvalue weighted by Crippen LogP contribution is -2.59. The number of aryl methyl sites for hydroxylation is 2. The Balaban J connectivity index is 1.26. The predicted octanol–water partition coefficient (Wildman–Crippen LogP) is 4.56. The van der Waals surface area contributed by atoms with Crippen molar-refractivity contribution in [2.24, 2.45) is 5.73 Å². The molecule has 3 aromatic carbocycles. The van der Waals surface area contributed by atoms with Crippen LogP contribution in [0.3, 0.4) is 0 Å². The van der Waals surface area contributed by atoms with Crippen LogP contribution in [0.5, 0.6) is 5.75 Å². The predicted molar refractivity (Wildman–Crippen MR) is 180 cm³/mol. The summed E-state index contributed by atoms with van der Waals surface area (Å²) in [5.41, 5.74) is 11.4. The number of rotatable bonds is 11. The number of aromatic amines is 2. The van der Waals surface area contributed by atoms with E-state index in [2.05, 4.69) is 73.8 Å². The number of hydrogen-bond acceptors (Lipinski definition) is 6. The van der Waals surface area contributed by atoms with Gasteiger partial charge in [0.1, 0.15) is 11.6 Å². The van der Waals surface area contributed by atoms with Gasteiger partial charge in [0, 0.05) is 47.0 Å². The third-order valence-electron chi connectivity index (χ3n) is 9.31. The average molecular weight is 617 g/mol. The lowest BCUT2D eigenvalue weighted by atomic mass is 9.88. The molecule has 46 heavy (non-hydrogen) atoms. The molecule has 236 valence electrons. The Morgan fingerprint density at radius 1 is 0.913 bits per heavy atom. The molecule has 1 saturated heterocycles. The van der Waals surface area contributed by atoms with E-state index in [1.807, 2.05) is 36.5 Å². The number of benzene rings is 3. The van der Waals surface area contributed by atoms with Gasteiger partial charge in [-0.05, 0) is 73.3 Å². The second kappa shape index (κ2) is 12.8. The summed E-state index contributed by atoms with van der Waals surface area (Å²) < 4.78 is 7.58. The van der Waals surface area contributed by atoms with Crippen LogP contribution in [0, 0.1) is 0 Å². The SMILES string of the molecule is COc1ccc(Cn2c(CCc3c[nH]c4ccccc34)nnc2[C@@H](Cc2c[nH]c3ccccc23)NC(=O)C2(N)CCNCC2)cc1. The molecule has 10 nitrogen and oxygen atoms in total. The fourth-order valence-corrected chi connectivity index (χ4v) is 6.59. The van der Waals surface area contributed by atoms with Gasteiger partial charge in [0.05, 0.1) is 25.2 Å². The van der Waals surface area contributed by atoms with Crippen LogP contribution < -0.4 is 21.1 Å². The second-order valence-corrected chi connectivity index (χ2v) is 12.3. The van der Waals surface area contributed by atoms with Crippen LogP contribution in [0.2, 0.25) is 0 Å². The van der Waals surface area contributed by atoms with Gasteiger partial charge in [-0.15, -0.1) is 10.2 Å². The Morgan fingerprint density at radius 3 is 2.26 bits per heavy atom. The first-order valence-electron chi connectivity index (χ1n) is 16.0. The molecule has 6 aromatic rings. The molecule has 0 bridgehead atoms. The molecular formula is C36H40N8O2. The van der Waals surface area contributed by atoms with E-state index in [0.29, 0.717) is 51.1 Å². The minimum Gasteiger partial charge on any atom is -0.497 e. The van der Waals surface area contributed by atoms with Crippen LogP contribution in [0.15, 0.2) is 85.2 Å². The Hall–Kier alpha value is -4.93. The summed E-state index contributed by atoms with van der Waals surface area (Å²) in [4.78, 5) is 20.7. The zero-order valence-corrected chi connectivity index (χ0v) is 26.1. The number of aromatic nitrogens is 5. The molecule has 0 spiro atoms. The first kappa shape index (κ1) is 29.8. The van der Waals surface area contributed by atoms with E-state index < -0.39 is 11.6 Å². The van der Waals surface area contributed by atoms with E-state index in [1.165, 1.54) is 10.9 Å². The van der Waals surface area contributed by atoms with Crippen molar-refractivity contribution in [2.75, 3.05) is 20.2 Å². The van der Waals surface area contributed by atoms with Gasteiger partial charge >= 0.3 is 0 Å². The number of ether oxygens (including phenoxy) is 1. The van der Waals surface area contributed by atoms with Gasteiger partial charge in [0.25, 0.3) is 0 Å². The van der Waals surface area contributed by atoms with Crippen molar-refractivity contribution < 1.29 is 9.53 Å². The summed E-state index contributed by atoms with van der Waals surface area (Å²) in [5, 5.41) is 18.5. The molecule has 6 N–H and O–H groups in total. The minimum absolute atomic E-state index is 0.154. The van der Waals surface area contributed by atoms with E-state index in [0.717, 1.165) is 45.5 Å². The van der Waals surface area contributed by atoms with Crippen molar-refractivity contribution in [2.45, 2.75) is 50.2 Å². The number of hydrogen-bond donors (Lipinski definition) is 5. The van der Waals surface area contributed by atoms with Gasteiger partial charge < -0.3 is 35.6 Å². The van der Waals surface area contributed by atoms with E-state index in [9.17, 15) is 4.79 Å². The first-order chi connectivity index (χ1) is 22.5. The number of nitrogens with two attached hydrogens (primary N) is 1. The molecule has 0 aliphatic carbocycles. The lowest BCUT2D eigenvalue weighted by Gasteiger charge is -2.34. The van der Waals surface area contributed by atoms with Gasteiger partial charge in [-0.1, -0.05) is 48.5 Å². The number of H-pyrrole nitrogens is 2. The fraction of sp³-hybridized carbons (Fsp3) is 0.306. The molecule has 0 unspecified atom stereocenters. The summed E-state index contributed by atoms with van der Waals surface area (Å²) in [6.07, 6.45) is 7.27. The maximum Gasteiger partial charge on any atom is 0.240 e. The Bertz CT molecular complexity index is 1950. The largest absolute Gasteiger partial charge is 0.497 e. The Kier molecular flexibility index (Phi) is 8.30. The molecule has 0 saturated carbocycles.